The topological polar surface area (TPSA) is 32.7 Å². The quantitative estimate of drug-likeness (QED) is 0.534. The van der Waals surface area contributed by atoms with E-state index in [0.29, 0.717) is 12.0 Å². The maximum atomic E-state index is 9.61. The number of nitrogens with zero attached hydrogens (tertiary/aromatic N) is 1. The standard InChI is InChI=1S/C8H13NO2/c10-7-2-8-6-1-5(7)3-9(4-6)11-8/h5-8,10H,1-4H2/t5-,6+,7-,8+/m1/s1. The molecule has 0 aromatic carbocycles. The van der Waals surface area contributed by atoms with Gasteiger partial charge in [0.25, 0.3) is 0 Å². The van der Waals surface area contributed by atoms with E-state index in [2.05, 4.69) is 0 Å². The van der Waals surface area contributed by atoms with Crippen LogP contribution in [0, 0.1) is 11.8 Å². The van der Waals surface area contributed by atoms with E-state index in [-0.39, 0.29) is 6.10 Å². The van der Waals surface area contributed by atoms with Crippen molar-refractivity contribution in [2.24, 2.45) is 11.8 Å². The van der Waals surface area contributed by atoms with Crippen LogP contribution in [0.25, 0.3) is 0 Å². The molecular formula is C8H13NO2. The minimum absolute atomic E-state index is 0.0958. The number of fused-ring (bicyclic) bond motifs is 2. The predicted octanol–water partition coefficient (Wildman–Crippen LogP) is 0.00290. The normalized spacial score (nSPS) is 60.3. The predicted molar refractivity (Wildman–Crippen MR) is 38.7 cm³/mol. The largest absolute Gasteiger partial charge is 0.393 e. The Balaban J connectivity index is 1.93. The van der Waals surface area contributed by atoms with Crippen LogP contribution in [-0.4, -0.2) is 35.5 Å². The summed E-state index contributed by atoms with van der Waals surface area (Å²) in [5.74, 6) is 1.21. The molecule has 1 saturated carbocycles. The molecule has 5 atom stereocenters. The van der Waals surface area contributed by atoms with E-state index in [1.807, 2.05) is 5.06 Å². The Labute approximate surface area is 65.9 Å². The summed E-state index contributed by atoms with van der Waals surface area (Å²) in [4.78, 5) is 5.62. The summed E-state index contributed by atoms with van der Waals surface area (Å²) in [5.41, 5.74) is 0. The maximum absolute atomic E-state index is 9.61. The van der Waals surface area contributed by atoms with Crippen LogP contribution in [0.3, 0.4) is 0 Å². The van der Waals surface area contributed by atoms with Crippen LogP contribution in [-0.2, 0) is 4.84 Å². The lowest BCUT2D eigenvalue weighted by Gasteiger charge is -2.34. The van der Waals surface area contributed by atoms with Crippen LogP contribution in [0.4, 0.5) is 0 Å². The molecule has 2 heterocycles. The molecule has 1 unspecified atom stereocenters. The number of rotatable bonds is 0. The van der Waals surface area contributed by atoms with Gasteiger partial charge in [-0.1, -0.05) is 0 Å². The molecule has 3 bridgehead atoms. The second kappa shape index (κ2) is 1.97. The van der Waals surface area contributed by atoms with Crippen molar-refractivity contribution in [2.75, 3.05) is 13.1 Å². The molecule has 3 rings (SSSR count). The van der Waals surface area contributed by atoms with Gasteiger partial charge in [0, 0.05) is 31.3 Å². The molecule has 11 heavy (non-hydrogen) atoms. The zero-order valence-electron chi connectivity index (χ0n) is 6.44. The Morgan fingerprint density at radius 1 is 1.18 bits per heavy atom. The van der Waals surface area contributed by atoms with Gasteiger partial charge in [0.1, 0.15) is 0 Å². The zero-order chi connectivity index (χ0) is 7.42. The van der Waals surface area contributed by atoms with E-state index in [9.17, 15) is 5.11 Å². The smallest absolute Gasteiger partial charge is 0.0859 e. The van der Waals surface area contributed by atoms with Crippen LogP contribution < -0.4 is 0 Å². The second-order valence-corrected chi connectivity index (χ2v) is 4.05. The molecule has 2 saturated heterocycles. The molecule has 0 amide bonds. The van der Waals surface area contributed by atoms with Gasteiger partial charge in [0.2, 0.25) is 0 Å². The van der Waals surface area contributed by atoms with Gasteiger partial charge in [0.05, 0.1) is 12.2 Å². The third-order valence-electron chi connectivity index (χ3n) is 3.31. The highest BCUT2D eigenvalue weighted by Crippen LogP contribution is 2.41. The first-order valence-corrected chi connectivity index (χ1v) is 4.43. The summed E-state index contributed by atoms with van der Waals surface area (Å²) in [7, 11) is 0. The Hall–Kier alpha value is -0.120. The molecule has 0 aromatic heterocycles. The molecule has 1 aliphatic carbocycles. The van der Waals surface area contributed by atoms with Crippen LogP contribution in [0.5, 0.6) is 0 Å². The third kappa shape index (κ3) is 0.789. The van der Waals surface area contributed by atoms with Crippen molar-refractivity contribution in [3.63, 3.8) is 0 Å². The molecular weight excluding hydrogens is 142 g/mol. The van der Waals surface area contributed by atoms with E-state index in [1.54, 1.807) is 0 Å². The number of aliphatic hydroxyl groups excluding tert-OH is 1. The van der Waals surface area contributed by atoms with Gasteiger partial charge in [-0.25, -0.2) is 0 Å². The lowest BCUT2D eigenvalue weighted by molar-refractivity contribution is -0.138. The molecule has 2 aliphatic heterocycles. The first-order chi connectivity index (χ1) is 5.33. The van der Waals surface area contributed by atoms with Crippen molar-refractivity contribution in [2.45, 2.75) is 25.0 Å². The SMILES string of the molecule is O[C@@H]1C[C@@H]2ON3C[C@H]1C[C@H]2C3. The van der Waals surface area contributed by atoms with Crippen LogP contribution in [0.15, 0.2) is 0 Å². The van der Waals surface area contributed by atoms with Gasteiger partial charge >= 0.3 is 0 Å². The molecule has 3 aliphatic rings. The fourth-order valence-corrected chi connectivity index (χ4v) is 2.71. The number of hydroxylamine groups is 2. The van der Waals surface area contributed by atoms with E-state index in [0.717, 1.165) is 25.4 Å². The first kappa shape index (κ1) is 6.40. The maximum Gasteiger partial charge on any atom is 0.0859 e. The van der Waals surface area contributed by atoms with E-state index in [4.69, 9.17) is 4.84 Å². The van der Waals surface area contributed by atoms with E-state index < -0.39 is 0 Å². The van der Waals surface area contributed by atoms with Crippen LogP contribution in [0.1, 0.15) is 12.8 Å². The van der Waals surface area contributed by atoms with Gasteiger partial charge in [0.15, 0.2) is 0 Å². The van der Waals surface area contributed by atoms with Crippen LogP contribution in [0.2, 0.25) is 0 Å². The summed E-state index contributed by atoms with van der Waals surface area (Å²) in [6.45, 7) is 2.06. The minimum atomic E-state index is -0.0958. The monoisotopic (exact) mass is 155 g/mol. The lowest BCUT2D eigenvalue weighted by atomic mass is 9.76. The fraction of sp³-hybridized carbons (Fsp3) is 1.00. The first-order valence-electron chi connectivity index (χ1n) is 4.43. The van der Waals surface area contributed by atoms with Crippen LogP contribution >= 0.6 is 0 Å². The number of piperidine rings is 1. The fourth-order valence-electron chi connectivity index (χ4n) is 2.71. The Bertz CT molecular complexity index is 181. The molecule has 1 N–H and O–H groups in total. The Kier molecular flexibility index (Phi) is 1.15. The van der Waals surface area contributed by atoms with Crippen molar-refractivity contribution in [3.8, 4) is 0 Å². The number of hydrogen-bond donors (Lipinski definition) is 1. The minimum Gasteiger partial charge on any atom is -0.393 e. The van der Waals surface area contributed by atoms with Crippen molar-refractivity contribution < 1.29 is 9.94 Å². The zero-order valence-corrected chi connectivity index (χ0v) is 6.44. The highest BCUT2D eigenvalue weighted by atomic mass is 16.7. The summed E-state index contributed by atoms with van der Waals surface area (Å²) in [6.07, 6.45) is 2.29. The molecule has 0 radical (unpaired) electrons. The summed E-state index contributed by atoms with van der Waals surface area (Å²) < 4.78 is 0. The Morgan fingerprint density at radius 2 is 2.00 bits per heavy atom. The van der Waals surface area contributed by atoms with Crippen molar-refractivity contribution in [1.29, 1.82) is 0 Å². The molecule has 3 nitrogen and oxygen atoms in total. The van der Waals surface area contributed by atoms with E-state index in [1.165, 1.54) is 6.42 Å². The third-order valence-corrected chi connectivity index (χ3v) is 3.31. The number of aliphatic hydroxyl groups is 1. The molecule has 0 aromatic rings. The number of hydrogen-bond acceptors (Lipinski definition) is 3. The highest BCUT2D eigenvalue weighted by molar-refractivity contribution is 4.95. The van der Waals surface area contributed by atoms with Crippen molar-refractivity contribution in [3.05, 3.63) is 0 Å². The Morgan fingerprint density at radius 3 is 2.91 bits per heavy atom. The average Bonchev–Trinajstić information content (AvgIpc) is 2.19. The lowest BCUT2D eigenvalue weighted by Crippen LogP contribution is -2.42. The van der Waals surface area contributed by atoms with Crippen molar-refractivity contribution in [1.82, 2.24) is 5.06 Å². The molecule has 0 spiro atoms. The van der Waals surface area contributed by atoms with Crippen molar-refractivity contribution >= 4 is 0 Å². The summed E-state index contributed by atoms with van der Waals surface area (Å²) >= 11 is 0. The summed E-state index contributed by atoms with van der Waals surface area (Å²) in [6, 6.07) is 0. The van der Waals surface area contributed by atoms with Gasteiger partial charge in [-0.15, -0.1) is 0 Å². The van der Waals surface area contributed by atoms with Gasteiger partial charge in [-0.3, -0.25) is 4.84 Å². The van der Waals surface area contributed by atoms with Gasteiger partial charge < -0.3 is 5.11 Å². The summed E-state index contributed by atoms with van der Waals surface area (Å²) in [5, 5.41) is 11.7. The average molecular weight is 155 g/mol. The molecule has 3 heteroatoms. The molecule has 3 fully saturated rings. The second-order valence-electron chi connectivity index (χ2n) is 4.05. The highest BCUT2D eigenvalue weighted by Gasteiger charge is 2.48. The van der Waals surface area contributed by atoms with Gasteiger partial charge in [-0.05, 0) is 6.42 Å². The van der Waals surface area contributed by atoms with Gasteiger partial charge in [-0.2, -0.15) is 5.06 Å². The van der Waals surface area contributed by atoms with E-state index >= 15 is 0 Å². The molecule has 62 valence electrons.